The van der Waals surface area contributed by atoms with Crippen molar-refractivity contribution in [3.63, 3.8) is 0 Å². The van der Waals surface area contributed by atoms with Crippen LogP contribution in [0.2, 0.25) is 0 Å². The van der Waals surface area contributed by atoms with E-state index in [4.69, 9.17) is 9.57 Å². The number of nitrogens with one attached hydrogen (secondary N) is 1. The highest BCUT2D eigenvalue weighted by Gasteiger charge is 2.27. The van der Waals surface area contributed by atoms with Crippen molar-refractivity contribution in [2.45, 2.75) is 59.3 Å². The molecule has 3 aromatic rings. The molecular weight excluding hydrogens is 445 g/mol. The van der Waals surface area contributed by atoms with Crippen molar-refractivity contribution in [2.24, 2.45) is 5.16 Å². The second-order valence-corrected chi connectivity index (χ2v) is 9.31. The van der Waals surface area contributed by atoms with E-state index in [-0.39, 0.29) is 30.0 Å². The molecule has 0 saturated heterocycles. The first kappa shape index (κ1) is 24.4. The summed E-state index contributed by atoms with van der Waals surface area (Å²) < 4.78 is 20.5. The van der Waals surface area contributed by atoms with Gasteiger partial charge in [0.25, 0.3) is 5.91 Å². The fourth-order valence-corrected chi connectivity index (χ4v) is 3.90. The minimum atomic E-state index is -0.381. The van der Waals surface area contributed by atoms with Crippen molar-refractivity contribution in [3.8, 4) is 17.0 Å². The van der Waals surface area contributed by atoms with Crippen LogP contribution in [0, 0.1) is 12.7 Å². The van der Waals surface area contributed by atoms with Gasteiger partial charge in [0.2, 0.25) is 5.88 Å². The van der Waals surface area contributed by atoms with Crippen LogP contribution in [-0.4, -0.2) is 28.7 Å². The van der Waals surface area contributed by atoms with Crippen LogP contribution < -0.4 is 10.1 Å². The maximum absolute atomic E-state index is 14.8. The molecule has 1 aromatic heterocycles. The van der Waals surface area contributed by atoms with Gasteiger partial charge in [0, 0.05) is 35.2 Å². The van der Waals surface area contributed by atoms with Gasteiger partial charge in [-0.05, 0) is 76.1 Å². The van der Waals surface area contributed by atoms with Crippen LogP contribution in [-0.2, 0) is 4.84 Å². The lowest BCUT2D eigenvalue weighted by Crippen LogP contribution is -2.30. The zero-order valence-electron chi connectivity index (χ0n) is 20.6. The van der Waals surface area contributed by atoms with Crippen molar-refractivity contribution in [1.82, 2.24) is 10.3 Å². The molecule has 1 aliphatic heterocycles. The molecule has 7 heteroatoms. The van der Waals surface area contributed by atoms with E-state index < -0.39 is 0 Å². The van der Waals surface area contributed by atoms with Gasteiger partial charge in [-0.25, -0.2) is 9.37 Å². The number of hydrogen-bond acceptors (Lipinski definition) is 5. The lowest BCUT2D eigenvalue weighted by molar-refractivity contribution is 0.0816. The molecular formula is C28H30FN3O3. The predicted octanol–water partition coefficient (Wildman–Crippen LogP) is 5.99. The zero-order chi connectivity index (χ0) is 25.1. The minimum absolute atomic E-state index is 0.00868. The first-order valence-corrected chi connectivity index (χ1v) is 11.8. The minimum Gasteiger partial charge on any atom is -0.475 e. The van der Waals surface area contributed by atoms with Crippen molar-refractivity contribution in [3.05, 3.63) is 82.8 Å². The van der Waals surface area contributed by atoms with Gasteiger partial charge in [-0.1, -0.05) is 23.4 Å². The molecule has 0 spiro atoms. The Balaban J connectivity index is 1.67. The molecule has 2 aromatic carbocycles. The summed E-state index contributed by atoms with van der Waals surface area (Å²) in [5.41, 5.74) is 4.36. The van der Waals surface area contributed by atoms with Crippen molar-refractivity contribution >= 4 is 11.6 Å². The van der Waals surface area contributed by atoms with Crippen LogP contribution in [0.4, 0.5) is 4.39 Å². The molecule has 2 heterocycles. The molecule has 1 N–H and O–H groups in total. The van der Waals surface area contributed by atoms with E-state index in [2.05, 4.69) is 15.5 Å². The molecule has 1 aliphatic rings. The SMILES string of the molecule is Cc1ccc(-c2cc(C(=O)NC(C)C)cc(C3=NOC(c4cccc(OC(C)C)n4)C3)c2)c(F)c1. The van der Waals surface area contributed by atoms with Gasteiger partial charge in [-0.2, -0.15) is 0 Å². The molecule has 182 valence electrons. The molecule has 1 atom stereocenters. The summed E-state index contributed by atoms with van der Waals surface area (Å²) in [4.78, 5) is 23.1. The third-order valence-electron chi connectivity index (χ3n) is 5.48. The molecule has 4 rings (SSSR count). The number of carbonyl (C=O) groups is 1. The summed E-state index contributed by atoms with van der Waals surface area (Å²) in [5.74, 6) is -0.0445. The van der Waals surface area contributed by atoms with E-state index in [1.807, 2.05) is 58.9 Å². The summed E-state index contributed by atoms with van der Waals surface area (Å²) in [6.45, 7) is 9.51. The van der Waals surface area contributed by atoms with Gasteiger partial charge in [0.1, 0.15) is 5.82 Å². The van der Waals surface area contributed by atoms with Crippen LogP contribution in [0.1, 0.15) is 67.4 Å². The maximum atomic E-state index is 14.8. The second-order valence-electron chi connectivity index (χ2n) is 9.31. The van der Waals surface area contributed by atoms with Gasteiger partial charge < -0.3 is 14.9 Å². The average molecular weight is 476 g/mol. The summed E-state index contributed by atoms with van der Waals surface area (Å²) in [6.07, 6.45) is 0.0891. The summed E-state index contributed by atoms with van der Waals surface area (Å²) in [7, 11) is 0. The van der Waals surface area contributed by atoms with Crippen molar-refractivity contribution in [1.29, 1.82) is 0 Å². The van der Waals surface area contributed by atoms with Gasteiger partial charge in [-0.15, -0.1) is 0 Å². The smallest absolute Gasteiger partial charge is 0.251 e. The van der Waals surface area contributed by atoms with Crippen LogP contribution in [0.15, 0.2) is 59.8 Å². The fourth-order valence-electron chi connectivity index (χ4n) is 3.90. The second kappa shape index (κ2) is 10.3. The lowest BCUT2D eigenvalue weighted by atomic mass is 9.94. The molecule has 0 fully saturated rings. The molecule has 0 aliphatic carbocycles. The topological polar surface area (TPSA) is 72.8 Å². The van der Waals surface area contributed by atoms with Gasteiger partial charge in [0.05, 0.1) is 17.5 Å². The number of benzene rings is 2. The lowest BCUT2D eigenvalue weighted by Gasteiger charge is -2.13. The number of halogens is 1. The predicted molar refractivity (Wildman–Crippen MR) is 134 cm³/mol. The quantitative estimate of drug-likeness (QED) is 0.456. The Bertz CT molecular complexity index is 1270. The number of nitrogens with zero attached hydrogens (tertiary/aromatic N) is 2. The maximum Gasteiger partial charge on any atom is 0.251 e. The highest BCUT2D eigenvalue weighted by molar-refractivity contribution is 6.05. The number of oxime groups is 1. The van der Waals surface area contributed by atoms with Crippen molar-refractivity contribution < 1.29 is 18.8 Å². The van der Waals surface area contributed by atoms with E-state index in [1.165, 1.54) is 6.07 Å². The number of hydrogen-bond donors (Lipinski definition) is 1. The molecule has 1 unspecified atom stereocenters. The van der Waals surface area contributed by atoms with Crippen LogP contribution in [0.3, 0.4) is 0 Å². The fraction of sp³-hybridized carbons (Fsp3) is 0.321. The van der Waals surface area contributed by atoms with E-state index in [0.29, 0.717) is 46.0 Å². The molecule has 0 bridgehead atoms. The first-order valence-electron chi connectivity index (χ1n) is 11.8. The third kappa shape index (κ3) is 5.85. The monoisotopic (exact) mass is 475 g/mol. The number of carbonyl (C=O) groups excluding carboxylic acids is 1. The van der Waals surface area contributed by atoms with Gasteiger partial charge in [0.15, 0.2) is 6.10 Å². The van der Waals surface area contributed by atoms with Crippen LogP contribution in [0.25, 0.3) is 11.1 Å². The summed E-state index contributed by atoms with van der Waals surface area (Å²) >= 11 is 0. The summed E-state index contributed by atoms with van der Waals surface area (Å²) in [6, 6.07) is 15.9. The number of ether oxygens (including phenoxy) is 1. The Hall–Kier alpha value is -3.74. The Morgan fingerprint density at radius 3 is 2.57 bits per heavy atom. The number of amides is 1. The molecule has 0 saturated carbocycles. The first-order chi connectivity index (χ1) is 16.7. The molecule has 6 nitrogen and oxygen atoms in total. The van der Waals surface area contributed by atoms with E-state index in [0.717, 1.165) is 5.56 Å². The molecule has 1 amide bonds. The Morgan fingerprint density at radius 2 is 1.86 bits per heavy atom. The van der Waals surface area contributed by atoms with E-state index >= 15 is 0 Å². The Kier molecular flexibility index (Phi) is 7.15. The van der Waals surface area contributed by atoms with Gasteiger partial charge in [-0.3, -0.25) is 4.79 Å². The average Bonchev–Trinajstić information content (AvgIpc) is 3.28. The summed E-state index contributed by atoms with van der Waals surface area (Å²) in [5, 5.41) is 7.21. The van der Waals surface area contributed by atoms with Crippen molar-refractivity contribution in [2.75, 3.05) is 0 Å². The number of aromatic nitrogens is 1. The Morgan fingerprint density at radius 1 is 1.09 bits per heavy atom. The van der Waals surface area contributed by atoms with Crippen LogP contribution in [0.5, 0.6) is 5.88 Å². The standard InChI is InChI=1S/C28H30FN3O3/c1-16(2)30-28(33)21-13-19(22-10-9-18(5)11-23(22)29)12-20(14-21)25-15-26(35-32-25)24-7-6-8-27(31-24)34-17(3)4/h6-14,16-17,26H,15H2,1-5H3,(H,30,33). The van der Waals surface area contributed by atoms with E-state index in [1.54, 1.807) is 24.3 Å². The highest BCUT2D eigenvalue weighted by atomic mass is 19.1. The number of aryl methyl sites for hydroxylation is 1. The molecule has 35 heavy (non-hydrogen) atoms. The largest absolute Gasteiger partial charge is 0.475 e. The third-order valence-corrected chi connectivity index (χ3v) is 5.48. The molecule has 0 radical (unpaired) electrons. The number of rotatable bonds is 7. The Labute approximate surface area is 205 Å². The van der Waals surface area contributed by atoms with E-state index in [9.17, 15) is 9.18 Å². The number of pyridine rings is 1. The normalized spacial score (nSPS) is 15.2. The van der Waals surface area contributed by atoms with Crippen LogP contribution >= 0.6 is 0 Å². The highest BCUT2D eigenvalue weighted by Crippen LogP contribution is 2.32. The van der Waals surface area contributed by atoms with Gasteiger partial charge >= 0.3 is 0 Å². The zero-order valence-corrected chi connectivity index (χ0v) is 20.6.